The molecule has 0 aliphatic rings. The van der Waals surface area contributed by atoms with Crippen LogP contribution in [-0.4, -0.2) is 15.6 Å². The van der Waals surface area contributed by atoms with Crippen molar-refractivity contribution in [1.29, 1.82) is 0 Å². The SMILES string of the molecule is Cc1ccc(/C=C/C(=O)c2cnn(-c3ccc(F)cc3)c2C)s1. The van der Waals surface area contributed by atoms with Gasteiger partial charge in [-0.25, -0.2) is 9.07 Å². The number of halogens is 1. The van der Waals surface area contributed by atoms with Crippen LogP contribution in [-0.2, 0) is 0 Å². The van der Waals surface area contributed by atoms with Crippen LogP contribution in [0.25, 0.3) is 11.8 Å². The number of allylic oxidation sites excluding steroid dienone is 1. The molecule has 5 heteroatoms. The van der Waals surface area contributed by atoms with Gasteiger partial charge in [0.25, 0.3) is 0 Å². The van der Waals surface area contributed by atoms with E-state index in [9.17, 15) is 9.18 Å². The van der Waals surface area contributed by atoms with E-state index < -0.39 is 0 Å². The molecule has 1 aromatic carbocycles. The highest BCUT2D eigenvalue weighted by Gasteiger charge is 2.13. The molecule has 0 saturated heterocycles. The first kappa shape index (κ1) is 15.4. The molecule has 3 nitrogen and oxygen atoms in total. The molecule has 2 heterocycles. The summed E-state index contributed by atoms with van der Waals surface area (Å²) in [7, 11) is 0. The van der Waals surface area contributed by atoms with Gasteiger partial charge in [0.15, 0.2) is 5.78 Å². The highest BCUT2D eigenvalue weighted by atomic mass is 32.1. The maximum absolute atomic E-state index is 13.0. The van der Waals surface area contributed by atoms with Crippen molar-refractivity contribution in [3.63, 3.8) is 0 Å². The second kappa shape index (κ2) is 6.30. The lowest BCUT2D eigenvalue weighted by atomic mass is 10.1. The molecule has 0 aliphatic heterocycles. The first-order valence-corrected chi connectivity index (χ1v) is 7.95. The average molecular weight is 326 g/mol. The lowest BCUT2D eigenvalue weighted by Crippen LogP contribution is -2.01. The Balaban J connectivity index is 1.85. The summed E-state index contributed by atoms with van der Waals surface area (Å²) < 4.78 is 14.6. The van der Waals surface area contributed by atoms with E-state index in [0.29, 0.717) is 5.56 Å². The van der Waals surface area contributed by atoms with E-state index in [4.69, 9.17) is 0 Å². The summed E-state index contributed by atoms with van der Waals surface area (Å²) in [6.45, 7) is 3.85. The molecule has 0 radical (unpaired) electrons. The van der Waals surface area contributed by atoms with Gasteiger partial charge in [0.1, 0.15) is 5.82 Å². The summed E-state index contributed by atoms with van der Waals surface area (Å²) in [4.78, 5) is 14.6. The van der Waals surface area contributed by atoms with Crippen LogP contribution in [0.5, 0.6) is 0 Å². The third-order valence-electron chi connectivity index (χ3n) is 3.51. The van der Waals surface area contributed by atoms with E-state index in [1.165, 1.54) is 17.0 Å². The zero-order chi connectivity index (χ0) is 16.4. The minimum atomic E-state index is -0.302. The van der Waals surface area contributed by atoms with Crippen molar-refractivity contribution >= 4 is 23.2 Å². The normalized spacial score (nSPS) is 11.3. The van der Waals surface area contributed by atoms with Crippen LogP contribution in [0.3, 0.4) is 0 Å². The Hall–Kier alpha value is -2.53. The Labute approximate surface area is 137 Å². The average Bonchev–Trinajstić information content (AvgIpc) is 3.12. The van der Waals surface area contributed by atoms with Gasteiger partial charge in [0, 0.05) is 9.75 Å². The molecule has 0 saturated carbocycles. The van der Waals surface area contributed by atoms with Gasteiger partial charge in [-0.1, -0.05) is 0 Å². The lowest BCUT2D eigenvalue weighted by molar-refractivity contribution is 0.104. The van der Waals surface area contributed by atoms with Gasteiger partial charge in [-0.3, -0.25) is 4.79 Å². The highest BCUT2D eigenvalue weighted by molar-refractivity contribution is 7.12. The summed E-state index contributed by atoms with van der Waals surface area (Å²) in [5, 5.41) is 4.24. The summed E-state index contributed by atoms with van der Waals surface area (Å²) in [6.07, 6.45) is 4.92. The van der Waals surface area contributed by atoms with Crippen LogP contribution in [0.15, 0.2) is 48.7 Å². The smallest absolute Gasteiger partial charge is 0.189 e. The summed E-state index contributed by atoms with van der Waals surface area (Å²) >= 11 is 1.64. The third-order valence-corrected chi connectivity index (χ3v) is 4.47. The molecule has 0 fully saturated rings. The fraction of sp³-hybridized carbons (Fsp3) is 0.111. The largest absolute Gasteiger partial charge is 0.289 e. The summed E-state index contributed by atoms with van der Waals surface area (Å²) in [5.74, 6) is -0.397. The number of carbonyl (C=O) groups is 1. The number of rotatable bonds is 4. The molecule has 2 aromatic heterocycles. The van der Waals surface area contributed by atoms with Gasteiger partial charge in [-0.15, -0.1) is 11.3 Å². The molecule has 3 rings (SSSR count). The Kier molecular flexibility index (Phi) is 4.21. The lowest BCUT2D eigenvalue weighted by Gasteiger charge is -2.04. The van der Waals surface area contributed by atoms with Crippen molar-refractivity contribution in [1.82, 2.24) is 9.78 Å². The Morgan fingerprint density at radius 3 is 2.57 bits per heavy atom. The number of hydrogen-bond acceptors (Lipinski definition) is 3. The second-order valence-corrected chi connectivity index (χ2v) is 6.50. The maximum Gasteiger partial charge on any atom is 0.189 e. The summed E-state index contributed by atoms with van der Waals surface area (Å²) in [5.41, 5.74) is 1.99. The van der Waals surface area contributed by atoms with E-state index in [2.05, 4.69) is 5.10 Å². The van der Waals surface area contributed by atoms with Crippen LogP contribution in [0, 0.1) is 19.7 Å². The molecule has 0 aliphatic carbocycles. The van der Waals surface area contributed by atoms with Crippen molar-refractivity contribution in [3.8, 4) is 5.69 Å². The Bertz CT molecular complexity index is 875. The standard InChI is InChI=1S/C18H15FN2OS/c1-12-3-8-16(23-12)9-10-18(22)17-11-20-21(13(17)2)15-6-4-14(19)5-7-15/h3-11H,1-2H3/b10-9+. The van der Waals surface area contributed by atoms with Crippen LogP contribution in [0.1, 0.15) is 25.8 Å². The van der Waals surface area contributed by atoms with Crippen LogP contribution in [0.2, 0.25) is 0 Å². The van der Waals surface area contributed by atoms with Gasteiger partial charge in [-0.2, -0.15) is 5.10 Å². The predicted molar refractivity (Wildman–Crippen MR) is 90.7 cm³/mol. The summed E-state index contributed by atoms with van der Waals surface area (Å²) in [6, 6.07) is 10.0. The fourth-order valence-corrected chi connectivity index (χ4v) is 3.06. The Morgan fingerprint density at radius 1 is 1.17 bits per heavy atom. The molecular weight excluding hydrogens is 311 g/mol. The number of hydrogen-bond donors (Lipinski definition) is 0. The molecular formula is C18H15FN2OS. The van der Waals surface area contributed by atoms with E-state index in [1.807, 2.05) is 32.1 Å². The van der Waals surface area contributed by atoms with E-state index in [1.54, 1.807) is 40.4 Å². The van der Waals surface area contributed by atoms with E-state index >= 15 is 0 Å². The van der Waals surface area contributed by atoms with E-state index in [-0.39, 0.29) is 11.6 Å². The van der Waals surface area contributed by atoms with Gasteiger partial charge in [0.05, 0.1) is 23.1 Å². The number of benzene rings is 1. The molecule has 23 heavy (non-hydrogen) atoms. The molecule has 0 N–H and O–H groups in total. The molecule has 0 unspecified atom stereocenters. The topological polar surface area (TPSA) is 34.9 Å². The quantitative estimate of drug-likeness (QED) is 0.519. The molecule has 0 atom stereocenters. The molecule has 116 valence electrons. The first-order chi connectivity index (χ1) is 11.0. The number of aryl methyl sites for hydroxylation is 1. The Morgan fingerprint density at radius 2 is 1.91 bits per heavy atom. The van der Waals surface area contributed by atoms with E-state index in [0.717, 1.165) is 16.3 Å². The van der Waals surface area contributed by atoms with Gasteiger partial charge in [-0.05, 0) is 62.4 Å². The monoisotopic (exact) mass is 326 g/mol. The van der Waals surface area contributed by atoms with Crippen molar-refractivity contribution in [2.45, 2.75) is 13.8 Å². The van der Waals surface area contributed by atoms with Crippen LogP contribution in [0.4, 0.5) is 4.39 Å². The van der Waals surface area contributed by atoms with Crippen molar-refractivity contribution in [2.75, 3.05) is 0 Å². The minimum Gasteiger partial charge on any atom is -0.289 e. The maximum atomic E-state index is 13.0. The number of nitrogens with zero attached hydrogens (tertiary/aromatic N) is 2. The molecule has 0 bridgehead atoms. The zero-order valence-corrected chi connectivity index (χ0v) is 13.6. The number of ketones is 1. The number of aromatic nitrogens is 2. The molecule has 3 aromatic rings. The predicted octanol–water partition coefficient (Wildman–Crippen LogP) is 4.59. The molecule has 0 spiro atoms. The van der Waals surface area contributed by atoms with Gasteiger partial charge < -0.3 is 0 Å². The van der Waals surface area contributed by atoms with Crippen molar-refractivity contribution in [3.05, 3.63) is 75.5 Å². The first-order valence-electron chi connectivity index (χ1n) is 7.14. The van der Waals surface area contributed by atoms with Crippen LogP contribution < -0.4 is 0 Å². The van der Waals surface area contributed by atoms with Gasteiger partial charge >= 0.3 is 0 Å². The van der Waals surface area contributed by atoms with Crippen molar-refractivity contribution in [2.24, 2.45) is 0 Å². The van der Waals surface area contributed by atoms with Gasteiger partial charge in [0.2, 0.25) is 0 Å². The number of thiophene rings is 1. The van der Waals surface area contributed by atoms with Crippen LogP contribution >= 0.6 is 11.3 Å². The third kappa shape index (κ3) is 3.29. The van der Waals surface area contributed by atoms with Crippen molar-refractivity contribution < 1.29 is 9.18 Å². The fourth-order valence-electron chi connectivity index (χ4n) is 2.28. The molecule has 0 amide bonds. The second-order valence-electron chi connectivity index (χ2n) is 5.18. The highest BCUT2D eigenvalue weighted by Crippen LogP contribution is 2.18. The number of carbonyl (C=O) groups excluding carboxylic acids is 1. The minimum absolute atomic E-state index is 0.0954. The zero-order valence-electron chi connectivity index (χ0n) is 12.8.